The van der Waals surface area contributed by atoms with Gasteiger partial charge in [0.2, 0.25) is 0 Å². The first-order valence-electron chi connectivity index (χ1n) is 7.20. The Bertz CT molecular complexity index is 545. The first-order valence-corrected chi connectivity index (χ1v) is 7.20. The number of hydrogen-bond donors (Lipinski definition) is 1. The molecule has 0 heterocycles. The zero-order valence-corrected chi connectivity index (χ0v) is 13.5. The fraction of sp³-hybridized carbons (Fsp3) is 0.412. The van der Waals surface area contributed by atoms with Gasteiger partial charge >= 0.3 is 0 Å². The second-order valence-electron chi connectivity index (χ2n) is 4.72. The van der Waals surface area contributed by atoms with Crippen LogP contribution in [0.5, 0.6) is 5.75 Å². The smallest absolute Gasteiger partial charge is 0.124 e. The maximum absolute atomic E-state index is 5.76. The molecular weight excluding hydrogens is 286 g/mol. The van der Waals surface area contributed by atoms with Crippen molar-refractivity contribution in [2.75, 3.05) is 26.9 Å². The van der Waals surface area contributed by atoms with E-state index in [9.17, 15) is 0 Å². The summed E-state index contributed by atoms with van der Waals surface area (Å²) in [5.74, 6) is 0.977. The maximum atomic E-state index is 5.76. The zero-order valence-electron chi connectivity index (χ0n) is 12.7. The zero-order chi connectivity index (χ0) is 14.2. The fourth-order valence-corrected chi connectivity index (χ4v) is 2.34. The number of fused-ring (bicyclic) bond motifs is 1. The first kappa shape index (κ1) is 17.8. The van der Waals surface area contributed by atoms with Crippen LogP contribution in [-0.4, -0.2) is 26.9 Å². The van der Waals surface area contributed by atoms with E-state index in [4.69, 9.17) is 9.47 Å². The largest absolute Gasteiger partial charge is 0.494 e. The summed E-state index contributed by atoms with van der Waals surface area (Å²) in [5.41, 5.74) is 1.24. The normalized spacial score (nSPS) is 10.4. The molecule has 1 N–H and O–H groups in total. The summed E-state index contributed by atoms with van der Waals surface area (Å²) in [5, 5.41) is 5.98. The molecule has 0 fully saturated rings. The molecule has 2 rings (SSSR count). The lowest BCUT2D eigenvalue weighted by atomic mass is 10.0. The lowest BCUT2D eigenvalue weighted by Crippen LogP contribution is -2.17. The van der Waals surface area contributed by atoms with Crippen molar-refractivity contribution in [1.29, 1.82) is 0 Å². The van der Waals surface area contributed by atoms with Gasteiger partial charge in [-0.2, -0.15) is 0 Å². The summed E-state index contributed by atoms with van der Waals surface area (Å²) in [7, 11) is 1.73. The Labute approximate surface area is 133 Å². The highest BCUT2D eigenvalue weighted by Gasteiger charge is 2.08. The number of nitrogens with one attached hydrogen (secondary N) is 1. The van der Waals surface area contributed by atoms with Crippen LogP contribution in [0.1, 0.15) is 18.9 Å². The molecule has 0 aromatic heterocycles. The average Bonchev–Trinajstić information content (AvgIpc) is 2.49. The van der Waals surface area contributed by atoms with Gasteiger partial charge in [0.1, 0.15) is 5.75 Å². The molecule has 0 atom stereocenters. The molecule has 0 saturated heterocycles. The number of halogens is 1. The third kappa shape index (κ3) is 4.88. The molecular formula is C17H24ClNO2. The van der Waals surface area contributed by atoms with Gasteiger partial charge in [0.15, 0.2) is 0 Å². The molecule has 0 aliphatic heterocycles. The van der Waals surface area contributed by atoms with Gasteiger partial charge in [0.25, 0.3) is 0 Å². The van der Waals surface area contributed by atoms with Crippen molar-refractivity contribution >= 4 is 23.2 Å². The maximum Gasteiger partial charge on any atom is 0.124 e. The van der Waals surface area contributed by atoms with Crippen molar-refractivity contribution in [1.82, 2.24) is 5.32 Å². The van der Waals surface area contributed by atoms with Crippen LogP contribution in [-0.2, 0) is 11.3 Å². The van der Waals surface area contributed by atoms with Crippen LogP contribution in [0.4, 0.5) is 0 Å². The number of benzene rings is 2. The van der Waals surface area contributed by atoms with E-state index in [1.54, 1.807) is 7.11 Å². The van der Waals surface area contributed by atoms with Crippen LogP contribution >= 0.6 is 12.4 Å². The van der Waals surface area contributed by atoms with E-state index in [0.717, 1.165) is 31.9 Å². The average molecular weight is 310 g/mol. The van der Waals surface area contributed by atoms with E-state index in [0.29, 0.717) is 6.61 Å². The van der Waals surface area contributed by atoms with Gasteiger partial charge in [-0.05, 0) is 36.7 Å². The molecule has 0 radical (unpaired) electrons. The molecule has 0 spiro atoms. The minimum absolute atomic E-state index is 0. The predicted octanol–water partition coefficient (Wildman–Crippen LogP) is 3.79. The number of ether oxygens (including phenoxy) is 2. The van der Waals surface area contributed by atoms with Gasteiger partial charge in [-0.1, -0.05) is 30.3 Å². The van der Waals surface area contributed by atoms with E-state index in [1.165, 1.54) is 16.3 Å². The summed E-state index contributed by atoms with van der Waals surface area (Å²) in [6.07, 6.45) is 1.02. The third-order valence-electron chi connectivity index (χ3n) is 3.30. The molecule has 0 aliphatic rings. The van der Waals surface area contributed by atoms with Crippen molar-refractivity contribution in [3.63, 3.8) is 0 Å². The second-order valence-corrected chi connectivity index (χ2v) is 4.72. The Kier molecular flexibility index (Phi) is 8.13. The molecule has 0 aliphatic carbocycles. The third-order valence-corrected chi connectivity index (χ3v) is 3.30. The first-order chi connectivity index (χ1) is 9.86. The molecule has 3 nitrogen and oxygen atoms in total. The highest BCUT2D eigenvalue weighted by atomic mass is 35.5. The predicted molar refractivity (Wildman–Crippen MR) is 90.6 cm³/mol. The number of hydrogen-bond acceptors (Lipinski definition) is 3. The molecule has 0 bridgehead atoms. The van der Waals surface area contributed by atoms with E-state index in [2.05, 4.69) is 41.7 Å². The van der Waals surface area contributed by atoms with Gasteiger partial charge in [-0.3, -0.25) is 0 Å². The molecule has 116 valence electrons. The summed E-state index contributed by atoms with van der Waals surface area (Å²) in [4.78, 5) is 0. The van der Waals surface area contributed by atoms with Gasteiger partial charge in [-0.25, -0.2) is 0 Å². The minimum Gasteiger partial charge on any atom is -0.494 e. The Morgan fingerprint density at radius 1 is 1.10 bits per heavy atom. The lowest BCUT2D eigenvalue weighted by Gasteiger charge is -2.14. The van der Waals surface area contributed by atoms with Crippen LogP contribution < -0.4 is 10.1 Å². The lowest BCUT2D eigenvalue weighted by molar-refractivity contribution is 0.194. The van der Waals surface area contributed by atoms with Gasteiger partial charge < -0.3 is 14.8 Å². The van der Waals surface area contributed by atoms with Crippen molar-refractivity contribution in [2.24, 2.45) is 0 Å². The molecule has 4 heteroatoms. The Hall–Kier alpha value is -1.29. The number of methoxy groups -OCH3 is 1. The summed E-state index contributed by atoms with van der Waals surface area (Å²) in [6, 6.07) is 12.6. The molecule has 2 aromatic carbocycles. The second kappa shape index (κ2) is 9.61. The van der Waals surface area contributed by atoms with Gasteiger partial charge in [0.05, 0.1) is 6.61 Å². The van der Waals surface area contributed by atoms with Gasteiger partial charge in [-0.15, -0.1) is 12.4 Å². The fourth-order valence-electron chi connectivity index (χ4n) is 2.34. The highest BCUT2D eigenvalue weighted by Crippen LogP contribution is 2.28. The van der Waals surface area contributed by atoms with E-state index in [-0.39, 0.29) is 12.4 Å². The Morgan fingerprint density at radius 3 is 2.67 bits per heavy atom. The van der Waals surface area contributed by atoms with Crippen molar-refractivity contribution < 1.29 is 9.47 Å². The summed E-state index contributed by atoms with van der Waals surface area (Å²) < 4.78 is 10.8. The van der Waals surface area contributed by atoms with Crippen LogP contribution in [0.15, 0.2) is 36.4 Å². The minimum atomic E-state index is 0. The van der Waals surface area contributed by atoms with Crippen LogP contribution in [0.3, 0.4) is 0 Å². The van der Waals surface area contributed by atoms with Crippen molar-refractivity contribution in [2.45, 2.75) is 19.9 Å². The van der Waals surface area contributed by atoms with Crippen LogP contribution in [0.25, 0.3) is 10.8 Å². The molecule has 0 unspecified atom stereocenters. The van der Waals surface area contributed by atoms with Crippen molar-refractivity contribution in [3.8, 4) is 5.75 Å². The van der Waals surface area contributed by atoms with Gasteiger partial charge in [0, 0.05) is 25.8 Å². The number of rotatable bonds is 8. The summed E-state index contributed by atoms with van der Waals surface area (Å²) >= 11 is 0. The Morgan fingerprint density at radius 2 is 1.90 bits per heavy atom. The highest BCUT2D eigenvalue weighted by molar-refractivity contribution is 5.87. The SMILES string of the molecule is CCOc1ccc2ccccc2c1CNCCCOC.Cl. The summed E-state index contributed by atoms with van der Waals surface area (Å²) in [6.45, 7) is 5.27. The van der Waals surface area contributed by atoms with E-state index < -0.39 is 0 Å². The van der Waals surface area contributed by atoms with Crippen LogP contribution in [0.2, 0.25) is 0 Å². The monoisotopic (exact) mass is 309 g/mol. The topological polar surface area (TPSA) is 30.5 Å². The molecule has 0 amide bonds. The molecule has 0 saturated carbocycles. The van der Waals surface area contributed by atoms with Crippen LogP contribution in [0, 0.1) is 0 Å². The van der Waals surface area contributed by atoms with E-state index in [1.807, 2.05) is 6.92 Å². The Balaban J connectivity index is 0.00000220. The standard InChI is InChI=1S/C17H23NO2.ClH/c1-3-20-17-10-9-14-7-4-5-8-15(14)16(17)13-18-11-6-12-19-2;/h4-5,7-10,18H,3,6,11-13H2,1-2H3;1H. The van der Waals surface area contributed by atoms with Crippen molar-refractivity contribution in [3.05, 3.63) is 42.0 Å². The van der Waals surface area contributed by atoms with E-state index >= 15 is 0 Å². The molecule has 2 aromatic rings. The quantitative estimate of drug-likeness (QED) is 0.753. The molecule has 21 heavy (non-hydrogen) atoms.